The molecule has 112 valence electrons. The topological polar surface area (TPSA) is 37.8 Å². The molecule has 1 heterocycles. The highest BCUT2D eigenvalue weighted by atomic mass is 14.9. The van der Waals surface area contributed by atoms with Crippen LogP contribution in [0.3, 0.4) is 0 Å². The number of aromatic nitrogens is 2. The summed E-state index contributed by atoms with van der Waals surface area (Å²) in [5, 5.41) is 3.48. The van der Waals surface area contributed by atoms with Crippen LogP contribution in [0.15, 0.2) is 30.5 Å². The van der Waals surface area contributed by atoms with E-state index in [-0.39, 0.29) is 0 Å². The second-order valence-corrected chi connectivity index (χ2v) is 5.46. The van der Waals surface area contributed by atoms with Crippen molar-refractivity contribution in [2.24, 2.45) is 0 Å². The third-order valence-corrected chi connectivity index (χ3v) is 3.80. The summed E-state index contributed by atoms with van der Waals surface area (Å²) in [6.07, 6.45) is 4.14. The molecule has 1 aromatic carbocycles. The zero-order valence-corrected chi connectivity index (χ0v) is 13.5. The highest BCUT2D eigenvalue weighted by Crippen LogP contribution is 2.20. The number of aryl methyl sites for hydroxylation is 2. The highest BCUT2D eigenvalue weighted by Gasteiger charge is 2.11. The monoisotopic (exact) mass is 283 g/mol. The van der Waals surface area contributed by atoms with E-state index in [0.717, 1.165) is 36.5 Å². The molecule has 1 N–H and O–H groups in total. The highest BCUT2D eigenvalue weighted by molar-refractivity contribution is 5.55. The fourth-order valence-electron chi connectivity index (χ4n) is 2.40. The van der Waals surface area contributed by atoms with E-state index in [9.17, 15) is 0 Å². The molecule has 3 nitrogen and oxygen atoms in total. The number of nitrogens with one attached hydrogen (secondary N) is 1. The Bertz CT molecular complexity index is 576. The molecule has 1 unspecified atom stereocenters. The van der Waals surface area contributed by atoms with Crippen LogP contribution in [0.5, 0.6) is 0 Å². The van der Waals surface area contributed by atoms with Crippen molar-refractivity contribution in [1.29, 1.82) is 0 Å². The first-order valence-electron chi connectivity index (χ1n) is 7.82. The molecule has 2 aromatic rings. The standard InChI is InChI=1S/C18H25N3/c1-5-11-19-13(3)17-12-20-18(21-14(17)4)16-9-7-15(6-2)8-10-16/h7-10,12-13,19H,5-6,11H2,1-4H3. The Balaban J connectivity index is 2.21. The fraction of sp³-hybridized carbons (Fsp3) is 0.444. The van der Waals surface area contributed by atoms with Crippen LogP contribution < -0.4 is 5.32 Å². The predicted molar refractivity (Wildman–Crippen MR) is 88.3 cm³/mol. The molecule has 0 aliphatic heterocycles. The minimum Gasteiger partial charge on any atom is -0.310 e. The summed E-state index contributed by atoms with van der Waals surface area (Å²) in [4.78, 5) is 9.22. The summed E-state index contributed by atoms with van der Waals surface area (Å²) in [6, 6.07) is 8.79. The number of nitrogens with zero attached hydrogens (tertiary/aromatic N) is 2. The third-order valence-electron chi connectivity index (χ3n) is 3.80. The van der Waals surface area contributed by atoms with Crippen molar-refractivity contribution in [3.05, 3.63) is 47.3 Å². The Hall–Kier alpha value is -1.74. The molecule has 0 radical (unpaired) electrons. The van der Waals surface area contributed by atoms with Gasteiger partial charge in [-0.15, -0.1) is 0 Å². The van der Waals surface area contributed by atoms with Gasteiger partial charge in [-0.05, 0) is 38.8 Å². The fourth-order valence-corrected chi connectivity index (χ4v) is 2.40. The molecule has 0 saturated heterocycles. The lowest BCUT2D eigenvalue weighted by Crippen LogP contribution is -2.20. The van der Waals surface area contributed by atoms with E-state index < -0.39 is 0 Å². The summed E-state index contributed by atoms with van der Waals surface area (Å²) in [5.74, 6) is 0.807. The second kappa shape index (κ2) is 7.32. The van der Waals surface area contributed by atoms with Gasteiger partial charge in [-0.2, -0.15) is 0 Å². The van der Waals surface area contributed by atoms with Crippen molar-refractivity contribution < 1.29 is 0 Å². The van der Waals surface area contributed by atoms with Gasteiger partial charge < -0.3 is 5.32 Å². The van der Waals surface area contributed by atoms with Crippen LogP contribution in [-0.4, -0.2) is 16.5 Å². The van der Waals surface area contributed by atoms with Crippen LogP contribution >= 0.6 is 0 Å². The Morgan fingerprint density at radius 1 is 1.14 bits per heavy atom. The van der Waals surface area contributed by atoms with Crippen molar-refractivity contribution in [3.8, 4) is 11.4 Å². The van der Waals surface area contributed by atoms with Gasteiger partial charge >= 0.3 is 0 Å². The van der Waals surface area contributed by atoms with Crippen molar-refractivity contribution in [2.45, 2.75) is 46.6 Å². The lowest BCUT2D eigenvalue weighted by Gasteiger charge is -2.15. The maximum absolute atomic E-state index is 4.68. The molecular formula is C18H25N3. The van der Waals surface area contributed by atoms with Crippen LogP contribution in [-0.2, 0) is 6.42 Å². The molecule has 0 fully saturated rings. The van der Waals surface area contributed by atoms with E-state index in [4.69, 9.17) is 0 Å². The second-order valence-electron chi connectivity index (χ2n) is 5.46. The lowest BCUT2D eigenvalue weighted by molar-refractivity contribution is 0.564. The van der Waals surface area contributed by atoms with Crippen molar-refractivity contribution in [3.63, 3.8) is 0 Å². The molecule has 0 aliphatic carbocycles. The smallest absolute Gasteiger partial charge is 0.159 e. The minimum absolute atomic E-state index is 0.293. The van der Waals surface area contributed by atoms with Crippen LogP contribution in [0.25, 0.3) is 11.4 Å². The molecular weight excluding hydrogens is 258 g/mol. The van der Waals surface area contributed by atoms with Gasteiger partial charge in [-0.25, -0.2) is 9.97 Å². The molecule has 0 bridgehead atoms. The SMILES string of the molecule is CCCNC(C)c1cnc(-c2ccc(CC)cc2)nc1C. The Labute approximate surface area is 127 Å². The molecule has 21 heavy (non-hydrogen) atoms. The quantitative estimate of drug-likeness (QED) is 0.868. The third kappa shape index (κ3) is 3.88. The minimum atomic E-state index is 0.293. The molecule has 0 spiro atoms. The molecule has 0 saturated carbocycles. The van der Waals surface area contributed by atoms with Crippen molar-refractivity contribution in [2.75, 3.05) is 6.54 Å². The Kier molecular flexibility index (Phi) is 5.45. The number of hydrogen-bond acceptors (Lipinski definition) is 3. The zero-order chi connectivity index (χ0) is 15.2. The van der Waals surface area contributed by atoms with Crippen LogP contribution in [0, 0.1) is 6.92 Å². The van der Waals surface area contributed by atoms with Gasteiger partial charge in [0.25, 0.3) is 0 Å². The lowest BCUT2D eigenvalue weighted by atomic mass is 10.1. The molecule has 0 amide bonds. The molecule has 1 aromatic heterocycles. The Morgan fingerprint density at radius 3 is 2.43 bits per heavy atom. The number of hydrogen-bond donors (Lipinski definition) is 1. The van der Waals surface area contributed by atoms with Crippen LogP contribution in [0.2, 0.25) is 0 Å². The first-order valence-corrected chi connectivity index (χ1v) is 7.82. The van der Waals surface area contributed by atoms with Gasteiger partial charge in [-0.1, -0.05) is 38.1 Å². The largest absolute Gasteiger partial charge is 0.310 e. The van der Waals surface area contributed by atoms with E-state index in [1.165, 1.54) is 11.1 Å². The molecule has 0 aliphatic rings. The van der Waals surface area contributed by atoms with Crippen molar-refractivity contribution >= 4 is 0 Å². The predicted octanol–water partition coefficient (Wildman–Crippen LogP) is 4.08. The average Bonchev–Trinajstić information content (AvgIpc) is 2.52. The summed E-state index contributed by atoms with van der Waals surface area (Å²) in [7, 11) is 0. The first-order chi connectivity index (χ1) is 10.2. The van der Waals surface area contributed by atoms with Gasteiger partial charge in [-0.3, -0.25) is 0 Å². The summed E-state index contributed by atoms with van der Waals surface area (Å²) < 4.78 is 0. The van der Waals surface area contributed by atoms with E-state index in [0.29, 0.717) is 6.04 Å². The van der Waals surface area contributed by atoms with E-state index in [1.807, 2.05) is 6.20 Å². The maximum Gasteiger partial charge on any atom is 0.159 e. The molecule has 3 heteroatoms. The number of rotatable bonds is 6. The van der Waals surface area contributed by atoms with Gasteiger partial charge in [0.2, 0.25) is 0 Å². The van der Waals surface area contributed by atoms with Gasteiger partial charge in [0, 0.05) is 29.1 Å². The van der Waals surface area contributed by atoms with Gasteiger partial charge in [0.1, 0.15) is 0 Å². The maximum atomic E-state index is 4.68. The van der Waals surface area contributed by atoms with Crippen LogP contribution in [0.1, 0.15) is 50.1 Å². The van der Waals surface area contributed by atoms with Crippen LogP contribution in [0.4, 0.5) is 0 Å². The molecule has 1 atom stereocenters. The van der Waals surface area contributed by atoms with Gasteiger partial charge in [0.05, 0.1) is 0 Å². The average molecular weight is 283 g/mol. The van der Waals surface area contributed by atoms with Gasteiger partial charge in [0.15, 0.2) is 5.82 Å². The Morgan fingerprint density at radius 2 is 1.86 bits per heavy atom. The summed E-state index contributed by atoms with van der Waals surface area (Å²) >= 11 is 0. The van der Waals surface area contributed by atoms with E-state index >= 15 is 0 Å². The summed E-state index contributed by atoms with van der Waals surface area (Å²) in [5.41, 5.74) is 4.65. The van der Waals surface area contributed by atoms with Crippen molar-refractivity contribution in [1.82, 2.24) is 15.3 Å². The normalized spacial score (nSPS) is 12.4. The molecule has 2 rings (SSSR count). The number of benzene rings is 1. The summed E-state index contributed by atoms with van der Waals surface area (Å²) in [6.45, 7) is 9.57. The first kappa shape index (κ1) is 15.6. The van der Waals surface area contributed by atoms with E-state index in [2.05, 4.69) is 67.2 Å². The zero-order valence-electron chi connectivity index (χ0n) is 13.5. The van der Waals surface area contributed by atoms with E-state index in [1.54, 1.807) is 0 Å².